The van der Waals surface area contributed by atoms with Gasteiger partial charge in [0, 0.05) is 19.5 Å². The lowest BCUT2D eigenvalue weighted by atomic mass is 9.96. The van der Waals surface area contributed by atoms with Crippen LogP contribution in [0.15, 0.2) is 4.47 Å². The van der Waals surface area contributed by atoms with Gasteiger partial charge in [-0.1, -0.05) is 32.6 Å². The third-order valence-corrected chi connectivity index (χ3v) is 5.66. The number of hydrogen-bond acceptors (Lipinski definition) is 2. The summed E-state index contributed by atoms with van der Waals surface area (Å²) in [5.74, 6) is 0.979. The van der Waals surface area contributed by atoms with Crippen molar-refractivity contribution in [2.24, 2.45) is 13.0 Å². The normalized spacial score (nSPS) is 17.8. The van der Waals surface area contributed by atoms with Gasteiger partial charge >= 0.3 is 0 Å². The Bertz CT molecular complexity index is 422. The number of halogens is 1. The largest absolute Gasteiger partial charge is 0.317 e. The SMILES string of the molecule is CCc1nn(C)c(CC(CCC2CCCC2)NC)c1Br. The van der Waals surface area contributed by atoms with Crippen LogP contribution in [0, 0.1) is 5.92 Å². The maximum absolute atomic E-state index is 4.60. The standard InChI is InChI=1S/C16H28BrN3/c1-4-14-16(17)15(20(3)19-14)11-13(18-2)10-9-12-7-5-6-8-12/h12-13,18H,4-11H2,1-3H3. The maximum Gasteiger partial charge on any atom is 0.0766 e. The van der Waals surface area contributed by atoms with Gasteiger partial charge in [-0.3, -0.25) is 4.68 Å². The Labute approximate surface area is 131 Å². The third kappa shape index (κ3) is 3.85. The molecule has 0 saturated heterocycles. The molecule has 3 nitrogen and oxygen atoms in total. The van der Waals surface area contributed by atoms with Crippen LogP contribution in [0.2, 0.25) is 0 Å². The Hall–Kier alpha value is -0.350. The Morgan fingerprint density at radius 3 is 2.65 bits per heavy atom. The van der Waals surface area contributed by atoms with Gasteiger partial charge in [-0.05, 0) is 48.2 Å². The van der Waals surface area contributed by atoms with Crippen LogP contribution in [0.3, 0.4) is 0 Å². The van der Waals surface area contributed by atoms with Crippen LogP contribution in [0.1, 0.15) is 56.8 Å². The third-order valence-electron chi connectivity index (χ3n) is 4.75. The number of aromatic nitrogens is 2. The first-order valence-corrected chi connectivity index (χ1v) is 8.82. The molecule has 4 heteroatoms. The minimum atomic E-state index is 0.562. The number of rotatable bonds is 7. The number of hydrogen-bond donors (Lipinski definition) is 1. The summed E-state index contributed by atoms with van der Waals surface area (Å²) in [7, 11) is 4.15. The van der Waals surface area contributed by atoms with Crippen LogP contribution in [0.5, 0.6) is 0 Å². The molecule has 1 heterocycles. The van der Waals surface area contributed by atoms with Crippen molar-refractivity contribution in [2.75, 3.05) is 7.05 Å². The lowest BCUT2D eigenvalue weighted by Crippen LogP contribution is -2.29. The summed E-state index contributed by atoms with van der Waals surface area (Å²) in [6, 6.07) is 0.562. The zero-order valence-corrected chi connectivity index (χ0v) is 14.7. The molecule has 1 aliphatic rings. The lowest BCUT2D eigenvalue weighted by molar-refractivity contribution is 0.413. The first kappa shape index (κ1) is 16.0. The van der Waals surface area contributed by atoms with Crippen molar-refractivity contribution < 1.29 is 0 Å². The molecule has 1 fully saturated rings. The van der Waals surface area contributed by atoms with E-state index in [4.69, 9.17) is 0 Å². The summed E-state index contributed by atoms with van der Waals surface area (Å²) in [4.78, 5) is 0. The predicted molar refractivity (Wildman–Crippen MR) is 88.0 cm³/mol. The monoisotopic (exact) mass is 341 g/mol. The zero-order chi connectivity index (χ0) is 14.5. The van der Waals surface area contributed by atoms with Gasteiger partial charge in [0.1, 0.15) is 0 Å². The Morgan fingerprint density at radius 1 is 1.40 bits per heavy atom. The second-order valence-corrected chi connectivity index (χ2v) is 6.90. The van der Waals surface area contributed by atoms with Gasteiger partial charge < -0.3 is 5.32 Å². The average Bonchev–Trinajstić information content (AvgIpc) is 3.05. The van der Waals surface area contributed by atoms with Crippen molar-refractivity contribution in [3.05, 3.63) is 15.9 Å². The summed E-state index contributed by atoms with van der Waals surface area (Å²) in [5, 5.41) is 8.09. The van der Waals surface area contributed by atoms with E-state index in [1.54, 1.807) is 0 Å². The molecule has 1 aromatic rings. The van der Waals surface area contributed by atoms with Gasteiger partial charge in [-0.2, -0.15) is 5.10 Å². The van der Waals surface area contributed by atoms with E-state index in [0.29, 0.717) is 6.04 Å². The highest BCUT2D eigenvalue weighted by molar-refractivity contribution is 9.10. The van der Waals surface area contributed by atoms with E-state index >= 15 is 0 Å². The molecule has 0 amide bonds. The van der Waals surface area contributed by atoms with E-state index in [-0.39, 0.29) is 0 Å². The number of nitrogens with zero attached hydrogens (tertiary/aromatic N) is 2. The first-order chi connectivity index (χ1) is 9.65. The second kappa shape index (κ2) is 7.60. The molecule has 1 unspecified atom stereocenters. The van der Waals surface area contributed by atoms with Crippen LogP contribution < -0.4 is 5.32 Å². The van der Waals surface area contributed by atoms with Crippen molar-refractivity contribution >= 4 is 15.9 Å². The van der Waals surface area contributed by atoms with Crippen LogP contribution in [0.4, 0.5) is 0 Å². The molecule has 0 spiro atoms. The summed E-state index contributed by atoms with van der Waals surface area (Å²) in [6.45, 7) is 2.16. The highest BCUT2D eigenvalue weighted by atomic mass is 79.9. The fourth-order valence-corrected chi connectivity index (χ4v) is 4.14. The van der Waals surface area contributed by atoms with E-state index in [1.165, 1.54) is 54.4 Å². The molecule has 1 aliphatic carbocycles. The Kier molecular flexibility index (Phi) is 6.09. The summed E-state index contributed by atoms with van der Waals surface area (Å²) in [6.07, 6.45) is 10.5. The Balaban J connectivity index is 1.93. The fourth-order valence-electron chi connectivity index (χ4n) is 3.36. The minimum Gasteiger partial charge on any atom is -0.317 e. The van der Waals surface area contributed by atoms with Crippen LogP contribution in [-0.2, 0) is 19.9 Å². The van der Waals surface area contributed by atoms with Gasteiger partial charge in [0.15, 0.2) is 0 Å². The van der Waals surface area contributed by atoms with E-state index in [2.05, 4.69) is 47.4 Å². The van der Waals surface area contributed by atoms with Crippen molar-refractivity contribution in [3.8, 4) is 0 Å². The van der Waals surface area contributed by atoms with Crippen molar-refractivity contribution in [2.45, 2.75) is 64.3 Å². The molecular formula is C16H28BrN3. The second-order valence-electron chi connectivity index (χ2n) is 6.10. The molecule has 2 rings (SSSR count). The molecule has 0 aromatic carbocycles. The van der Waals surface area contributed by atoms with E-state index in [1.807, 2.05) is 4.68 Å². The van der Waals surface area contributed by atoms with Crippen LogP contribution >= 0.6 is 15.9 Å². The smallest absolute Gasteiger partial charge is 0.0766 e. The zero-order valence-electron chi connectivity index (χ0n) is 13.1. The highest BCUT2D eigenvalue weighted by Crippen LogP contribution is 2.30. The van der Waals surface area contributed by atoms with Gasteiger partial charge in [-0.15, -0.1) is 0 Å². The summed E-state index contributed by atoms with van der Waals surface area (Å²) >= 11 is 3.73. The molecule has 0 bridgehead atoms. The summed E-state index contributed by atoms with van der Waals surface area (Å²) in [5.41, 5.74) is 2.50. The quantitative estimate of drug-likeness (QED) is 0.816. The van der Waals surface area contributed by atoms with Gasteiger partial charge in [0.05, 0.1) is 15.9 Å². The topological polar surface area (TPSA) is 29.9 Å². The van der Waals surface area contributed by atoms with E-state index < -0.39 is 0 Å². The number of likely N-dealkylation sites (N-methyl/N-ethyl adjacent to an activating group) is 1. The van der Waals surface area contributed by atoms with Crippen LogP contribution in [-0.4, -0.2) is 22.9 Å². The molecule has 1 saturated carbocycles. The van der Waals surface area contributed by atoms with Gasteiger partial charge in [0.25, 0.3) is 0 Å². The molecule has 0 aliphatic heterocycles. The maximum atomic E-state index is 4.60. The lowest BCUT2D eigenvalue weighted by Gasteiger charge is -2.18. The van der Waals surface area contributed by atoms with Crippen molar-refractivity contribution in [1.82, 2.24) is 15.1 Å². The molecule has 1 N–H and O–H groups in total. The van der Waals surface area contributed by atoms with Crippen molar-refractivity contribution in [1.29, 1.82) is 0 Å². The molecular weight excluding hydrogens is 314 g/mol. The average molecular weight is 342 g/mol. The van der Waals surface area contributed by atoms with Gasteiger partial charge in [-0.25, -0.2) is 0 Å². The van der Waals surface area contributed by atoms with E-state index in [9.17, 15) is 0 Å². The first-order valence-electron chi connectivity index (χ1n) is 8.03. The minimum absolute atomic E-state index is 0.562. The molecule has 1 aromatic heterocycles. The molecule has 0 radical (unpaired) electrons. The van der Waals surface area contributed by atoms with Gasteiger partial charge in [0.2, 0.25) is 0 Å². The fraction of sp³-hybridized carbons (Fsp3) is 0.812. The van der Waals surface area contributed by atoms with E-state index in [0.717, 1.165) is 18.8 Å². The molecule has 1 atom stereocenters. The number of aryl methyl sites for hydroxylation is 2. The summed E-state index contributed by atoms with van der Waals surface area (Å²) < 4.78 is 3.26. The van der Waals surface area contributed by atoms with Crippen LogP contribution in [0.25, 0.3) is 0 Å². The highest BCUT2D eigenvalue weighted by Gasteiger charge is 2.20. The molecule has 20 heavy (non-hydrogen) atoms. The Morgan fingerprint density at radius 2 is 2.10 bits per heavy atom. The molecule has 114 valence electrons. The predicted octanol–water partition coefficient (Wildman–Crippen LogP) is 3.85. The number of nitrogens with one attached hydrogen (secondary N) is 1. The van der Waals surface area contributed by atoms with Crippen molar-refractivity contribution in [3.63, 3.8) is 0 Å².